The SMILES string of the molecule is NCC1CCCC1OCc1cc(Br)cs1. The fraction of sp³-hybridized carbons (Fsp3) is 0.636. The lowest BCUT2D eigenvalue weighted by Crippen LogP contribution is -2.25. The first-order valence-corrected chi connectivity index (χ1v) is 7.01. The minimum atomic E-state index is 0.385. The zero-order valence-corrected chi connectivity index (χ0v) is 11.0. The van der Waals surface area contributed by atoms with Crippen molar-refractivity contribution in [3.05, 3.63) is 20.8 Å². The Morgan fingerprint density at radius 1 is 1.53 bits per heavy atom. The van der Waals surface area contributed by atoms with Gasteiger partial charge in [0.1, 0.15) is 0 Å². The van der Waals surface area contributed by atoms with Gasteiger partial charge in [0.05, 0.1) is 12.7 Å². The first-order valence-electron chi connectivity index (χ1n) is 5.34. The lowest BCUT2D eigenvalue weighted by molar-refractivity contribution is 0.0196. The van der Waals surface area contributed by atoms with E-state index in [1.54, 1.807) is 11.3 Å². The summed E-state index contributed by atoms with van der Waals surface area (Å²) in [5.74, 6) is 0.577. The average Bonchev–Trinajstić information content (AvgIpc) is 2.83. The highest BCUT2D eigenvalue weighted by molar-refractivity contribution is 9.10. The summed E-state index contributed by atoms with van der Waals surface area (Å²) in [6, 6.07) is 2.12. The van der Waals surface area contributed by atoms with E-state index in [9.17, 15) is 0 Å². The molecule has 2 nitrogen and oxygen atoms in total. The molecule has 0 spiro atoms. The Kier molecular flexibility index (Phi) is 4.20. The molecule has 0 amide bonds. The summed E-state index contributed by atoms with van der Waals surface area (Å²) in [4.78, 5) is 1.28. The van der Waals surface area contributed by atoms with Crippen molar-refractivity contribution in [1.82, 2.24) is 0 Å². The van der Waals surface area contributed by atoms with E-state index in [0.29, 0.717) is 12.0 Å². The van der Waals surface area contributed by atoms with Crippen molar-refractivity contribution in [3.63, 3.8) is 0 Å². The van der Waals surface area contributed by atoms with E-state index < -0.39 is 0 Å². The Hall–Kier alpha value is 0.1000. The summed E-state index contributed by atoms with van der Waals surface area (Å²) >= 11 is 5.18. The number of halogens is 1. The fourth-order valence-electron chi connectivity index (χ4n) is 2.11. The Bertz CT molecular complexity index is 315. The van der Waals surface area contributed by atoms with Gasteiger partial charge in [-0.1, -0.05) is 6.42 Å². The van der Waals surface area contributed by atoms with Crippen LogP contribution in [0.4, 0.5) is 0 Å². The molecule has 2 rings (SSSR count). The van der Waals surface area contributed by atoms with Crippen LogP contribution in [0, 0.1) is 5.92 Å². The molecule has 2 N–H and O–H groups in total. The van der Waals surface area contributed by atoms with Gasteiger partial charge < -0.3 is 10.5 Å². The van der Waals surface area contributed by atoms with Gasteiger partial charge in [-0.25, -0.2) is 0 Å². The number of thiophene rings is 1. The van der Waals surface area contributed by atoms with E-state index in [-0.39, 0.29) is 0 Å². The summed E-state index contributed by atoms with van der Waals surface area (Å²) in [6.07, 6.45) is 4.06. The van der Waals surface area contributed by atoms with Crippen molar-refractivity contribution in [2.75, 3.05) is 6.54 Å². The molecule has 2 atom stereocenters. The molecule has 1 saturated carbocycles. The maximum atomic E-state index is 5.92. The zero-order valence-electron chi connectivity index (χ0n) is 8.62. The summed E-state index contributed by atoms with van der Waals surface area (Å²) in [7, 11) is 0. The van der Waals surface area contributed by atoms with E-state index in [0.717, 1.165) is 17.6 Å². The number of nitrogens with two attached hydrogens (primary N) is 1. The van der Waals surface area contributed by atoms with E-state index >= 15 is 0 Å². The lowest BCUT2D eigenvalue weighted by Gasteiger charge is -2.17. The Morgan fingerprint density at radius 3 is 3.07 bits per heavy atom. The highest BCUT2D eigenvalue weighted by Gasteiger charge is 2.26. The maximum Gasteiger partial charge on any atom is 0.0813 e. The summed E-state index contributed by atoms with van der Waals surface area (Å²) in [5, 5.41) is 2.09. The molecule has 0 aliphatic heterocycles. The molecule has 1 fully saturated rings. The van der Waals surface area contributed by atoms with Crippen LogP contribution in [0.25, 0.3) is 0 Å². The van der Waals surface area contributed by atoms with Gasteiger partial charge in [0, 0.05) is 14.7 Å². The molecule has 1 aromatic rings. The monoisotopic (exact) mass is 289 g/mol. The fourth-order valence-corrected chi connectivity index (χ4v) is 3.48. The third kappa shape index (κ3) is 3.03. The van der Waals surface area contributed by atoms with E-state index in [1.165, 1.54) is 24.1 Å². The Balaban J connectivity index is 1.82. The molecule has 15 heavy (non-hydrogen) atoms. The van der Waals surface area contributed by atoms with Crippen LogP contribution >= 0.6 is 27.3 Å². The minimum Gasteiger partial charge on any atom is -0.372 e. The topological polar surface area (TPSA) is 35.2 Å². The highest BCUT2D eigenvalue weighted by Crippen LogP contribution is 2.29. The zero-order chi connectivity index (χ0) is 10.7. The predicted octanol–water partition coefficient (Wildman–Crippen LogP) is 3.15. The highest BCUT2D eigenvalue weighted by atomic mass is 79.9. The van der Waals surface area contributed by atoms with E-state index in [1.807, 2.05) is 0 Å². The van der Waals surface area contributed by atoms with Gasteiger partial charge in [-0.15, -0.1) is 11.3 Å². The van der Waals surface area contributed by atoms with E-state index in [4.69, 9.17) is 10.5 Å². The molecule has 1 aliphatic rings. The standard InChI is InChI=1S/C11H16BrNOS/c12-9-4-10(15-7-9)6-14-11-3-1-2-8(11)5-13/h4,7-8,11H,1-3,5-6,13H2. The van der Waals surface area contributed by atoms with Crippen LogP contribution in [-0.4, -0.2) is 12.6 Å². The maximum absolute atomic E-state index is 5.92. The molecular formula is C11H16BrNOS. The summed E-state index contributed by atoms with van der Waals surface area (Å²) < 4.78 is 7.06. The van der Waals surface area contributed by atoms with Crippen molar-refractivity contribution >= 4 is 27.3 Å². The van der Waals surface area contributed by atoms with Crippen molar-refractivity contribution in [1.29, 1.82) is 0 Å². The Morgan fingerprint density at radius 2 is 2.40 bits per heavy atom. The average molecular weight is 290 g/mol. The van der Waals surface area contributed by atoms with Crippen LogP contribution in [0.15, 0.2) is 15.9 Å². The molecule has 0 radical (unpaired) electrons. The molecule has 1 aromatic heterocycles. The Labute approximate surface area is 103 Å². The molecule has 84 valence electrons. The number of rotatable bonds is 4. The quantitative estimate of drug-likeness (QED) is 0.924. The van der Waals surface area contributed by atoms with E-state index in [2.05, 4.69) is 27.4 Å². The number of hydrogen-bond donors (Lipinski definition) is 1. The van der Waals surface area contributed by atoms with Gasteiger partial charge in [-0.05, 0) is 47.3 Å². The first-order chi connectivity index (χ1) is 7.29. The van der Waals surface area contributed by atoms with Crippen LogP contribution in [-0.2, 0) is 11.3 Å². The number of hydrogen-bond acceptors (Lipinski definition) is 3. The summed E-state index contributed by atoms with van der Waals surface area (Å²) in [6.45, 7) is 1.50. The van der Waals surface area contributed by atoms with Gasteiger partial charge >= 0.3 is 0 Å². The van der Waals surface area contributed by atoms with Crippen LogP contribution in [0.5, 0.6) is 0 Å². The van der Waals surface area contributed by atoms with Gasteiger partial charge in [0.25, 0.3) is 0 Å². The van der Waals surface area contributed by atoms with Gasteiger partial charge in [-0.2, -0.15) is 0 Å². The van der Waals surface area contributed by atoms with Gasteiger partial charge in [-0.3, -0.25) is 0 Å². The largest absolute Gasteiger partial charge is 0.372 e. The molecule has 0 bridgehead atoms. The van der Waals surface area contributed by atoms with Gasteiger partial charge in [0.2, 0.25) is 0 Å². The molecule has 2 unspecified atom stereocenters. The summed E-state index contributed by atoms with van der Waals surface area (Å²) in [5.41, 5.74) is 5.71. The second-order valence-electron chi connectivity index (χ2n) is 4.01. The van der Waals surface area contributed by atoms with Crippen molar-refractivity contribution in [3.8, 4) is 0 Å². The van der Waals surface area contributed by atoms with Crippen molar-refractivity contribution < 1.29 is 4.74 Å². The smallest absolute Gasteiger partial charge is 0.0813 e. The van der Waals surface area contributed by atoms with Gasteiger partial charge in [0.15, 0.2) is 0 Å². The molecule has 1 heterocycles. The van der Waals surface area contributed by atoms with Crippen LogP contribution in [0.2, 0.25) is 0 Å². The number of ether oxygens (including phenoxy) is 1. The molecule has 0 aromatic carbocycles. The van der Waals surface area contributed by atoms with Crippen molar-refractivity contribution in [2.24, 2.45) is 11.7 Å². The molecule has 4 heteroatoms. The minimum absolute atomic E-state index is 0.385. The van der Waals surface area contributed by atoms with Crippen LogP contribution in [0.3, 0.4) is 0 Å². The second kappa shape index (κ2) is 5.43. The molecular weight excluding hydrogens is 274 g/mol. The molecule has 0 saturated heterocycles. The third-order valence-electron chi connectivity index (χ3n) is 2.95. The predicted molar refractivity (Wildman–Crippen MR) is 67.0 cm³/mol. The second-order valence-corrected chi connectivity index (χ2v) is 5.92. The first kappa shape index (κ1) is 11.6. The van der Waals surface area contributed by atoms with Crippen LogP contribution in [0.1, 0.15) is 24.1 Å². The molecule has 1 aliphatic carbocycles. The van der Waals surface area contributed by atoms with Crippen LogP contribution < -0.4 is 5.73 Å². The lowest BCUT2D eigenvalue weighted by atomic mass is 10.1. The van der Waals surface area contributed by atoms with Crippen molar-refractivity contribution in [2.45, 2.75) is 32.0 Å². The third-order valence-corrected chi connectivity index (χ3v) is 4.62. The normalized spacial score (nSPS) is 26.0.